The molecule has 0 atom stereocenters. The number of hydrogen-bond donors (Lipinski definition) is 0. The van der Waals surface area contributed by atoms with E-state index in [0.29, 0.717) is 0 Å². The highest BCUT2D eigenvalue weighted by atomic mass is 16.3. The zero-order chi connectivity index (χ0) is 30.9. The summed E-state index contributed by atoms with van der Waals surface area (Å²) in [7, 11) is 0. The number of furan rings is 1. The van der Waals surface area contributed by atoms with E-state index in [-0.39, 0.29) is 0 Å². The van der Waals surface area contributed by atoms with Gasteiger partial charge in [0, 0.05) is 16.3 Å². The molecule has 10 rings (SSSR count). The Labute approximate surface area is 271 Å². The maximum absolute atomic E-state index is 6.45. The molecule has 0 spiro atoms. The Balaban J connectivity index is 1.27. The average Bonchev–Trinajstić information content (AvgIpc) is 3.53. The lowest BCUT2D eigenvalue weighted by molar-refractivity contribution is 0.670. The van der Waals surface area contributed by atoms with Crippen molar-refractivity contribution >= 4 is 65.0 Å². The molecule has 10 aromatic rings. The fraction of sp³-hybridized carbons (Fsp3) is 0. The third kappa shape index (κ3) is 3.90. The molecule has 1 heteroatoms. The first-order valence-electron chi connectivity index (χ1n) is 16.2. The first kappa shape index (κ1) is 26.1. The second-order valence-corrected chi connectivity index (χ2v) is 12.4. The summed E-state index contributed by atoms with van der Waals surface area (Å²) in [5.74, 6) is 0. The minimum absolute atomic E-state index is 0.917. The molecule has 0 saturated carbocycles. The van der Waals surface area contributed by atoms with Crippen LogP contribution in [0.15, 0.2) is 174 Å². The minimum Gasteiger partial charge on any atom is -0.455 e. The van der Waals surface area contributed by atoms with Crippen LogP contribution in [0.25, 0.3) is 98.4 Å². The maximum Gasteiger partial charge on any atom is 0.143 e. The molecule has 0 aliphatic carbocycles. The summed E-state index contributed by atoms with van der Waals surface area (Å²) >= 11 is 0. The van der Waals surface area contributed by atoms with Crippen molar-refractivity contribution in [3.63, 3.8) is 0 Å². The average molecular weight is 597 g/mol. The van der Waals surface area contributed by atoms with E-state index in [2.05, 4.69) is 158 Å². The van der Waals surface area contributed by atoms with E-state index in [1.165, 1.54) is 65.3 Å². The summed E-state index contributed by atoms with van der Waals surface area (Å²) in [5.41, 5.74) is 9.09. The van der Waals surface area contributed by atoms with Gasteiger partial charge in [0.25, 0.3) is 0 Å². The van der Waals surface area contributed by atoms with Crippen molar-refractivity contribution in [3.05, 3.63) is 170 Å². The standard InChI is InChI=1S/C46H28O/c1-2-16-32-30(13-1)28-42(35-18-4-3-17-34(32)35)45-39-22-7-5-20-37(39)44(38-21-6-8-23-40(38)45)31-15-11-14-29(27-31)33-24-12-25-41-36-19-9-10-26-43(36)47-46(33)41/h1-28H. The highest BCUT2D eigenvalue weighted by molar-refractivity contribution is 6.26. The Kier molecular flexibility index (Phi) is 5.64. The summed E-state index contributed by atoms with van der Waals surface area (Å²) in [5, 5.41) is 12.4. The summed E-state index contributed by atoms with van der Waals surface area (Å²) < 4.78 is 6.45. The lowest BCUT2D eigenvalue weighted by Crippen LogP contribution is -1.92. The van der Waals surface area contributed by atoms with Gasteiger partial charge >= 0.3 is 0 Å². The van der Waals surface area contributed by atoms with Crippen LogP contribution in [0.1, 0.15) is 0 Å². The molecule has 0 N–H and O–H groups in total. The number of benzene rings is 9. The SMILES string of the molecule is c1cc(-c2c3ccccc3c(-c3cc4ccccc4c4ccccc34)c3ccccc23)cc(-c2cccc3c2oc2ccccc23)c1. The molecule has 0 bridgehead atoms. The molecule has 0 fully saturated rings. The van der Waals surface area contributed by atoms with E-state index in [1.54, 1.807) is 0 Å². The Bertz CT molecular complexity index is 2800. The van der Waals surface area contributed by atoms with Crippen LogP contribution in [0.5, 0.6) is 0 Å². The molecular formula is C46H28O. The number of hydrogen-bond acceptors (Lipinski definition) is 1. The van der Waals surface area contributed by atoms with E-state index in [9.17, 15) is 0 Å². The van der Waals surface area contributed by atoms with Gasteiger partial charge in [0.15, 0.2) is 0 Å². The summed E-state index contributed by atoms with van der Waals surface area (Å²) in [6.45, 7) is 0. The summed E-state index contributed by atoms with van der Waals surface area (Å²) in [4.78, 5) is 0. The van der Waals surface area contributed by atoms with Crippen LogP contribution < -0.4 is 0 Å². The van der Waals surface area contributed by atoms with E-state index >= 15 is 0 Å². The van der Waals surface area contributed by atoms with Crippen LogP contribution in [0.2, 0.25) is 0 Å². The predicted octanol–water partition coefficient (Wildman–Crippen LogP) is 13.2. The van der Waals surface area contributed by atoms with Crippen LogP contribution in [-0.2, 0) is 0 Å². The second kappa shape index (κ2) is 10.2. The quantitative estimate of drug-likeness (QED) is 0.146. The molecule has 1 aromatic heterocycles. The van der Waals surface area contributed by atoms with Crippen molar-refractivity contribution in [1.82, 2.24) is 0 Å². The number of para-hydroxylation sites is 2. The van der Waals surface area contributed by atoms with Gasteiger partial charge in [0.1, 0.15) is 11.2 Å². The van der Waals surface area contributed by atoms with Crippen LogP contribution >= 0.6 is 0 Å². The molecule has 1 nitrogen and oxygen atoms in total. The topological polar surface area (TPSA) is 13.1 Å². The van der Waals surface area contributed by atoms with Crippen molar-refractivity contribution < 1.29 is 4.42 Å². The monoisotopic (exact) mass is 596 g/mol. The van der Waals surface area contributed by atoms with Gasteiger partial charge in [-0.25, -0.2) is 0 Å². The van der Waals surface area contributed by atoms with Crippen LogP contribution in [0, 0.1) is 0 Å². The van der Waals surface area contributed by atoms with Gasteiger partial charge < -0.3 is 4.42 Å². The smallest absolute Gasteiger partial charge is 0.143 e. The van der Waals surface area contributed by atoms with Gasteiger partial charge in [-0.15, -0.1) is 0 Å². The Hall–Kier alpha value is -6.18. The summed E-state index contributed by atoms with van der Waals surface area (Å²) in [6.07, 6.45) is 0. The predicted molar refractivity (Wildman–Crippen MR) is 200 cm³/mol. The molecular weight excluding hydrogens is 569 g/mol. The van der Waals surface area contributed by atoms with E-state index < -0.39 is 0 Å². The van der Waals surface area contributed by atoms with E-state index in [1.807, 2.05) is 12.1 Å². The van der Waals surface area contributed by atoms with Crippen molar-refractivity contribution in [3.8, 4) is 33.4 Å². The van der Waals surface area contributed by atoms with Gasteiger partial charge in [0.2, 0.25) is 0 Å². The molecule has 0 aliphatic heterocycles. The molecule has 0 radical (unpaired) electrons. The van der Waals surface area contributed by atoms with Gasteiger partial charge in [-0.3, -0.25) is 0 Å². The maximum atomic E-state index is 6.45. The van der Waals surface area contributed by atoms with Crippen molar-refractivity contribution in [2.75, 3.05) is 0 Å². The molecule has 0 aliphatic rings. The largest absolute Gasteiger partial charge is 0.455 e. The van der Waals surface area contributed by atoms with Gasteiger partial charge in [-0.2, -0.15) is 0 Å². The lowest BCUT2D eigenvalue weighted by atomic mass is 9.83. The molecule has 47 heavy (non-hydrogen) atoms. The molecule has 218 valence electrons. The number of fused-ring (bicyclic) bond motifs is 8. The van der Waals surface area contributed by atoms with E-state index in [4.69, 9.17) is 4.42 Å². The fourth-order valence-corrected chi connectivity index (χ4v) is 7.81. The Morgan fingerprint density at radius 1 is 0.298 bits per heavy atom. The number of rotatable bonds is 3. The van der Waals surface area contributed by atoms with Crippen molar-refractivity contribution in [2.45, 2.75) is 0 Å². The lowest BCUT2D eigenvalue weighted by Gasteiger charge is -2.20. The zero-order valence-corrected chi connectivity index (χ0v) is 25.6. The van der Waals surface area contributed by atoms with Crippen LogP contribution in [0.3, 0.4) is 0 Å². The van der Waals surface area contributed by atoms with Gasteiger partial charge in [-0.05, 0) is 89.1 Å². The third-order valence-corrected chi connectivity index (χ3v) is 9.84. The van der Waals surface area contributed by atoms with Crippen LogP contribution in [0.4, 0.5) is 0 Å². The summed E-state index contributed by atoms with van der Waals surface area (Å²) in [6, 6.07) is 61.6. The van der Waals surface area contributed by atoms with Crippen LogP contribution in [-0.4, -0.2) is 0 Å². The highest BCUT2D eigenvalue weighted by Gasteiger charge is 2.20. The molecule has 9 aromatic carbocycles. The van der Waals surface area contributed by atoms with E-state index in [0.717, 1.165) is 33.1 Å². The fourth-order valence-electron chi connectivity index (χ4n) is 7.81. The molecule has 0 amide bonds. The second-order valence-electron chi connectivity index (χ2n) is 12.4. The molecule has 1 heterocycles. The molecule has 0 saturated heterocycles. The van der Waals surface area contributed by atoms with Crippen molar-refractivity contribution in [1.29, 1.82) is 0 Å². The van der Waals surface area contributed by atoms with Gasteiger partial charge in [-0.1, -0.05) is 152 Å². The first-order chi connectivity index (χ1) is 23.3. The molecule has 0 unspecified atom stereocenters. The minimum atomic E-state index is 0.917. The first-order valence-corrected chi connectivity index (χ1v) is 16.2. The van der Waals surface area contributed by atoms with Crippen molar-refractivity contribution in [2.24, 2.45) is 0 Å². The highest BCUT2D eigenvalue weighted by Crippen LogP contribution is 2.47. The Morgan fingerprint density at radius 3 is 1.57 bits per heavy atom. The van der Waals surface area contributed by atoms with Gasteiger partial charge in [0.05, 0.1) is 0 Å². The zero-order valence-electron chi connectivity index (χ0n) is 25.6. The Morgan fingerprint density at radius 2 is 0.830 bits per heavy atom. The normalized spacial score (nSPS) is 11.8. The third-order valence-electron chi connectivity index (χ3n) is 9.84.